The number of hydrogen-bond acceptors (Lipinski definition) is 3. The van der Waals surface area contributed by atoms with Crippen molar-refractivity contribution >= 4 is 11.9 Å². The average molecular weight is 236 g/mol. The van der Waals surface area contributed by atoms with Crippen LogP contribution in [0.2, 0.25) is 0 Å². The average Bonchev–Trinajstić information content (AvgIpc) is 2.78. The molecule has 2 N–H and O–H groups in total. The van der Waals surface area contributed by atoms with Crippen LogP contribution in [0.3, 0.4) is 0 Å². The molecule has 1 aliphatic rings. The van der Waals surface area contributed by atoms with Crippen LogP contribution in [0.1, 0.15) is 23.2 Å². The number of aliphatic carboxylic acids is 1. The fourth-order valence-corrected chi connectivity index (χ4v) is 1.98. The van der Waals surface area contributed by atoms with E-state index in [-0.39, 0.29) is 11.5 Å². The monoisotopic (exact) mass is 236 g/mol. The lowest BCUT2D eigenvalue weighted by Gasteiger charge is -2.21. The Morgan fingerprint density at radius 2 is 2.18 bits per heavy atom. The Bertz CT molecular complexity index is 488. The highest BCUT2D eigenvalue weighted by molar-refractivity contribution is 5.96. The van der Waals surface area contributed by atoms with Crippen LogP contribution in [0, 0.1) is 0 Å². The summed E-state index contributed by atoms with van der Waals surface area (Å²) in [7, 11) is 0. The number of carbonyl (C=O) groups is 2. The first-order valence-corrected chi connectivity index (χ1v) is 5.32. The van der Waals surface area contributed by atoms with E-state index < -0.39 is 12.0 Å². The number of pyridine rings is 1. The van der Waals surface area contributed by atoms with Crippen LogP contribution in [0.25, 0.3) is 0 Å². The van der Waals surface area contributed by atoms with Gasteiger partial charge in [0.05, 0.1) is 5.56 Å². The van der Waals surface area contributed by atoms with Gasteiger partial charge >= 0.3 is 5.97 Å². The third-order valence-corrected chi connectivity index (χ3v) is 2.83. The molecule has 17 heavy (non-hydrogen) atoms. The van der Waals surface area contributed by atoms with Crippen molar-refractivity contribution in [2.24, 2.45) is 0 Å². The molecule has 90 valence electrons. The second-order valence-corrected chi connectivity index (χ2v) is 3.94. The van der Waals surface area contributed by atoms with Crippen molar-refractivity contribution in [3.05, 3.63) is 34.2 Å². The predicted molar refractivity (Wildman–Crippen MR) is 58.8 cm³/mol. The smallest absolute Gasteiger partial charge is 0.326 e. The van der Waals surface area contributed by atoms with Crippen LogP contribution in [0.4, 0.5) is 0 Å². The van der Waals surface area contributed by atoms with Crippen LogP contribution < -0.4 is 5.56 Å². The van der Waals surface area contributed by atoms with Crippen molar-refractivity contribution in [2.45, 2.75) is 18.9 Å². The van der Waals surface area contributed by atoms with E-state index in [0.29, 0.717) is 24.9 Å². The summed E-state index contributed by atoms with van der Waals surface area (Å²) in [6.45, 7) is 0.439. The minimum absolute atomic E-state index is 0.294. The lowest BCUT2D eigenvalue weighted by Crippen LogP contribution is -2.40. The molecular weight excluding hydrogens is 224 g/mol. The Morgan fingerprint density at radius 1 is 1.41 bits per heavy atom. The fourth-order valence-electron chi connectivity index (χ4n) is 1.98. The first-order valence-electron chi connectivity index (χ1n) is 5.32. The number of carboxylic acids is 1. The standard InChI is InChI=1S/C11H12N2O4/c14-9-4-3-7(6-12-9)10(15)13-5-1-2-8(13)11(16)17/h3-4,6,8H,1-2,5H2,(H,12,14)(H,16,17). The van der Waals surface area contributed by atoms with Crippen molar-refractivity contribution in [2.75, 3.05) is 6.54 Å². The molecule has 1 fully saturated rings. The molecule has 1 unspecified atom stereocenters. The van der Waals surface area contributed by atoms with Gasteiger partial charge in [-0.15, -0.1) is 0 Å². The van der Waals surface area contributed by atoms with Crippen molar-refractivity contribution in [1.82, 2.24) is 9.88 Å². The maximum Gasteiger partial charge on any atom is 0.326 e. The summed E-state index contributed by atoms with van der Waals surface area (Å²) < 4.78 is 0. The Balaban J connectivity index is 2.22. The highest BCUT2D eigenvalue weighted by Gasteiger charge is 2.34. The SMILES string of the molecule is O=C(O)C1CCCN1C(=O)c1ccc(=O)[nH]c1. The van der Waals surface area contributed by atoms with Gasteiger partial charge in [-0.05, 0) is 18.9 Å². The number of nitrogens with one attached hydrogen (secondary N) is 1. The van der Waals surface area contributed by atoms with E-state index in [0.717, 1.165) is 0 Å². The maximum absolute atomic E-state index is 12.0. The van der Waals surface area contributed by atoms with Gasteiger partial charge in [0, 0.05) is 18.8 Å². The third-order valence-electron chi connectivity index (χ3n) is 2.83. The molecule has 1 aromatic heterocycles. The molecule has 1 amide bonds. The lowest BCUT2D eigenvalue weighted by molar-refractivity contribution is -0.141. The molecule has 1 atom stereocenters. The Hall–Kier alpha value is -2.11. The summed E-state index contributed by atoms with van der Waals surface area (Å²) in [5.41, 5.74) is 0.00973. The molecule has 0 aromatic carbocycles. The van der Waals surface area contributed by atoms with Gasteiger partial charge in [-0.25, -0.2) is 4.79 Å². The number of aromatic amines is 1. The van der Waals surface area contributed by atoms with Crippen molar-refractivity contribution in [1.29, 1.82) is 0 Å². The minimum Gasteiger partial charge on any atom is -0.480 e. The largest absolute Gasteiger partial charge is 0.480 e. The van der Waals surface area contributed by atoms with Crippen LogP contribution in [-0.4, -0.2) is 39.5 Å². The topological polar surface area (TPSA) is 90.5 Å². The third kappa shape index (κ3) is 2.20. The second kappa shape index (κ2) is 4.40. The summed E-state index contributed by atoms with van der Waals surface area (Å²) in [5.74, 6) is -1.34. The molecule has 0 radical (unpaired) electrons. The molecule has 1 saturated heterocycles. The van der Waals surface area contributed by atoms with Gasteiger partial charge in [-0.2, -0.15) is 0 Å². The predicted octanol–water partition coefficient (Wildman–Crippen LogP) is 0.0641. The van der Waals surface area contributed by atoms with Gasteiger partial charge in [0.1, 0.15) is 6.04 Å². The number of carbonyl (C=O) groups excluding carboxylic acids is 1. The van der Waals surface area contributed by atoms with Gasteiger partial charge in [0.25, 0.3) is 5.91 Å². The van der Waals surface area contributed by atoms with Gasteiger partial charge in [0.15, 0.2) is 0 Å². The van der Waals surface area contributed by atoms with Crippen LogP contribution in [0.5, 0.6) is 0 Å². The van der Waals surface area contributed by atoms with E-state index in [1.54, 1.807) is 0 Å². The fraction of sp³-hybridized carbons (Fsp3) is 0.364. The van der Waals surface area contributed by atoms with Crippen molar-refractivity contribution in [3.63, 3.8) is 0 Å². The number of hydrogen-bond donors (Lipinski definition) is 2. The van der Waals surface area contributed by atoms with E-state index >= 15 is 0 Å². The Kier molecular flexibility index (Phi) is 2.95. The molecule has 1 aliphatic heterocycles. The number of carboxylic acid groups (broad SMARTS) is 1. The highest BCUT2D eigenvalue weighted by atomic mass is 16.4. The number of rotatable bonds is 2. The summed E-state index contributed by atoms with van der Waals surface area (Å²) in [6.07, 6.45) is 2.47. The minimum atomic E-state index is -0.986. The highest BCUT2D eigenvalue weighted by Crippen LogP contribution is 2.19. The zero-order chi connectivity index (χ0) is 12.4. The number of H-pyrrole nitrogens is 1. The quantitative estimate of drug-likeness (QED) is 0.759. The number of nitrogens with zero attached hydrogens (tertiary/aromatic N) is 1. The van der Waals surface area contributed by atoms with Gasteiger partial charge in [0.2, 0.25) is 5.56 Å². The molecule has 6 nitrogen and oxygen atoms in total. The number of aromatic nitrogens is 1. The zero-order valence-corrected chi connectivity index (χ0v) is 9.05. The first kappa shape index (κ1) is 11.4. The van der Waals surface area contributed by atoms with E-state index in [9.17, 15) is 14.4 Å². The normalized spacial score (nSPS) is 19.3. The van der Waals surface area contributed by atoms with E-state index in [1.807, 2.05) is 0 Å². The van der Waals surface area contributed by atoms with Gasteiger partial charge in [-0.1, -0.05) is 0 Å². The van der Waals surface area contributed by atoms with E-state index in [2.05, 4.69) is 4.98 Å². The summed E-state index contributed by atoms with van der Waals surface area (Å²) in [4.78, 5) is 37.6. The Morgan fingerprint density at radius 3 is 2.76 bits per heavy atom. The summed E-state index contributed by atoms with van der Waals surface area (Å²) in [5, 5.41) is 8.97. The number of likely N-dealkylation sites (tertiary alicyclic amines) is 1. The number of amides is 1. The van der Waals surface area contributed by atoms with E-state index in [1.165, 1.54) is 23.2 Å². The molecule has 1 aromatic rings. The van der Waals surface area contributed by atoms with Crippen molar-refractivity contribution < 1.29 is 14.7 Å². The molecule has 0 aliphatic carbocycles. The van der Waals surface area contributed by atoms with Gasteiger partial charge < -0.3 is 15.0 Å². The van der Waals surface area contributed by atoms with Gasteiger partial charge in [-0.3, -0.25) is 9.59 Å². The Labute approximate surface area is 96.9 Å². The zero-order valence-electron chi connectivity index (χ0n) is 9.05. The molecule has 2 rings (SSSR count). The first-order chi connectivity index (χ1) is 8.09. The van der Waals surface area contributed by atoms with Crippen molar-refractivity contribution in [3.8, 4) is 0 Å². The maximum atomic E-state index is 12.0. The second-order valence-electron chi connectivity index (χ2n) is 3.94. The summed E-state index contributed by atoms with van der Waals surface area (Å²) in [6, 6.07) is 1.90. The van der Waals surface area contributed by atoms with Crippen LogP contribution >= 0.6 is 0 Å². The molecule has 2 heterocycles. The van der Waals surface area contributed by atoms with Crippen LogP contribution in [-0.2, 0) is 4.79 Å². The lowest BCUT2D eigenvalue weighted by atomic mass is 10.2. The molecule has 0 spiro atoms. The molecule has 6 heteroatoms. The molecular formula is C11H12N2O4. The summed E-state index contributed by atoms with van der Waals surface area (Å²) >= 11 is 0. The molecule has 0 saturated carbocycles. The molecule has 0 bridgehead atoms. The van der Waals surface area contributed by atoms with Crippen LogP contribution in [0.15, 0.2) is 23.1 Å². The van der Waals surface area contributed by atoms with E-state index in [4.69, 9.17) is 5.11 Å².